The highest BCUT2D eigenvalue weighted by molar-refractivity contribution is 7.22. The quantitative estimate of drug-likeness (QED) is 0.747. The van der Waals surface area contributed by atoms with Crippen molar-refractivity contribution >= 4 is 44.2 Å². The predicted molar refractivity (Wildman–Crippen MR) is 88.4 cm³/mol. The van der Waals surface area contributed by atoms with Gasteiger partial charge < -0.3 is 10.6 Å². The SMILES string of the molecule is O=C(Nc1nc2ccc(Nc3ccc(F)cc3F)nc2s1)C1CC1. The van der Waals surface area contributed by atoms with Gasteiger partial charge in [0.15, 0.2) is 5.13 Å². The first-order valence-corrected chi connectivity index (χ1v) is 8.21. The summed E-state index contributed by atoms with van der Waals surface area (Å²) in [6.07, 6.45) is 1.85. The first-order valence-electron chi connectivity index (χ1n) is 7.39. The molecule has 1 fully saturated rings. The molecule has 0 radical (unpaired) electrons. The summed E-state index contributed by atoms with van der Waals surface area (Å²) in [5, 5.41) is 6.09. The third-order valence-electron chi connectivity index (χ3n) is 3.63. The third kappa shape index (κ3) is 3.05. The van der Waals surface area contributed by atoms with Crippen molar-refractivity contribution in [3.63, 3.8) is 0 Å². The summed E-state index contributed by atoms with van der Waals surface area (Å²) >= 11 is 1.25. The fourth-order valence-electron chi connectivity index (χ4n) is 2.22. The normalized spacial score (nSPS) is 13.9. The lowest BCUT2D eigenvalue weighted by Crippen LogP contribution is -2.12. The number of fused-ring (bicyclic) bond motifs is 1. The smallest absolute Gasteiger partial charge is 0.229 e. The van der Waals surface area contributed by atoms with Crippen molar-refractivity contribution in [3.05, 3.63) is 42.0 Å². The van der Waals surface area contributed by atoms with Crippen LogP contribution in [0.2, 0.25) is 0 Å². The molecule has 24 heavy (non-hydrogen) atoms. The van der Waals surface area contributed by atoms with E-state index in [1.165, 1.54) is 23.5 Å². The van der Waals surface area contributed by atoms with E-state index in [4.69, 9.17) is 0 Å². The summed E-state index contributed by atoms with van der Waals surface area (Å²) < 4.78 is 26.6. The molecule has 2 N–H and O–H groups in total. The number of hydrogen-bond acceptors (Lipinski definition) is 5. The molecule has 2 aromatic heterocycles. The first-order chi connectivity index (χ1) is 11.6. The zero-order chi connectivity index (χ0) is 16.7. The van der Waals surface area contributed by atoms with Crippen LogP contribution in [0, 0.1) is 17.6 Å². The average molecular weight is 346 g/mol. The second-order valence-corrected chi connectivity index (χ2v) is 6.53. The van der Waals surface area contributed by atoms with E-state index in [0.29, 0.717) is 21.3 Å². The Morgan fingerprint density at radius 1 is 1.17 bits per heavy atom. The van der Waals surface area contributed by atoms with Gasteiger partial charge in [0.2, 0.25) is 5.91 Å². The van der Waals surface area contributed by atoms with E-state index in [0.717, 1.165) is 18.9 Å². The van der Waals surface area contributed by atoms with Gasteiger partial charge in [0.1, 0.15) is 27.8 Å². The molecule has 0 unspecified atom stereocenters. The number of nitrogens with one attached hydrogen (secondary N) is 2. The number of benzene rings is 1. The van der Waals surface area contributed by atoms with Crippen molar-refractivity contribution < 1.29 is 13.6 Å². The topological polar surface area (TPSA) is 66.9 Å². The third-order valence-corrected chi connectivity index (χ3v) is 4.51. The molecule has 1 aliphatic rings. The second kappa shape index (κ2) is 5.79. The number of carbonyl (C=O) groups is 1. The largest absolute Gasteiger partial charge is 0.338 e. The van der Waals surface area contributed by atoms with Crippen LogP contribution < -0.4 is 10.6 Å². The molecule has 1 saturated carbocycles. The Kier molecular flexibility index (Phi) is 3.61. The minimum absolute atomic E-state index is 0.0132. The maximum atomic E-state index is 13.7. The predicted octanol–water partition coefficient (Wildman–Crippen LogP) is 4.06. The van der Waals surface area contributed by atoms with Crippen LogP contribution in [-0.4, -0.2) is 15.9 Å². The molecule has 0 saturated heterocycles. The number of thiazole rings is 1. The number of pyridine rings is 1. The number of aromatic nitrogens is 2. The fraction of sp³-hybridized carbons (Fsp3) is 0.188. The Hall–Kier alpha value is -2.61. The monoisotopic (exact) mass is 346 g/mol. The first kappa shape index (κ1) is 14.9. The van der Waals surface area contributed by atoms with Gasteiger partial charge in [-0.05, 0) is 37.1 Å². The van der Waals surface area contributed by atoms with Crippen LogP contribution >= 0.6 is 11.3 Å². The molecular formula is C16H12F2N4OS. The lowest BCUT2D eigenvalue weighted by molar-refractivity contribution is -0.117. The van der Waals surface area contributed by atoms with Crippen LogP contribution in [0.25, 0.3) is 10.3 Å². The summed E-state index contributed by atoms with van der Waals surface area (Å²) in [6.45, 7) is 0. The van der Waals surface area contributed by atoms with E-state index in [1.54, 1.807) is 12.1 Å². The van der Waals surface area contributed by atoms with Gasteiger partial charge in [0.25, 0.3) is 0 Å². The van der Waals surface area contributed by atoms with E-state index in [9.17, 15) is 13.6 Å². The number of hydrogen-bond donors (Lipinski definition) is 2. The van der Waals surface area contributed by atoms with Gasteiger partial charge in [-0.15, -0.1) is 0 Å². The Morgan fingerprint density at radius 2 is 2.00 bits per heavy atom. The van der Waals surface area contributed by atoms with Crippen molar-refractivity contribution in [2.45, 2.75) is 12.8 Å². The number of anilines is 3. The van der Waals surface area contributed by atoms with Crippen LogP contribution in [0.4, 0.5) is 25.4 Å². The molecule has 0 bridgehead atoms. The van der Waals surface area contributed by atoms with Gasteiger partial charge in [-0.25, -0.2) is 18.7 Å². The number of amides is 1. The van der Waals surface area contributed by atoms with Crippen LogP contribution in [0.1, 0.15) is 12.8 Å². The highest BCUT2D eigenvalue weighted by atomic mass is 32.1. The number of carbonyl (C=O) groups excluding carboxylic acids is 1. The lowest BCUT2D eigenvalue weighted by atomic mass is 10.3. The Bertz CT molecular complexity index is 939. The van der Waals surface area contributed by atoms with Crippen molar-refractivity contribution in [3.8, 4) is 0 Å². The fourth-order valence-corrected chi connectivity index (χ4v) is 3.06. The molecule has 8 heteroatoms. The van der Waals surface area contributed by atoms with Crippen LogP contribution in [-0.2, 0) is 4.79 Å². The van der Waals surface area contributed by atoms with E-state index in [1.807, 2.05) is 0 Å². The van der Waals surface area contributed by atoms with Gasteiger partial charge in [-0.3, -0.25) is 4.79 Å². The Morgan fingerprint density at radius 3 is 2.75 bits per heavy atom. The second-order valence-electron chi connectivity index (χ2n) is 5.55. The van der Waals surface area contributed by atoms with E-state index < -0.39 is 11.6 Å². The van der Waals surface area contributed by atoms with Crippen LogP contribution in [0.3, 0.4) is 0 Å². The maximum Gasteiger partial charge on any atom is 0.229 e. The van der Waals surface area contributed by atoms with E-state index >= 15 is 0 Å². The highest BCUT2D eigenvalue weighted by Crippen LogP contribution is 2.32. The van der Waals surface area contributed by atoms with Gasteiger partial charge in [-0.1, -0.05) is 11.3 Å². The van der Waals surface area contributed by atoms with Crippen molar-refractivity contribution in [2.24, 2.45) is 5.92 Å². The zero-order valence-corrected chi connectivity index (χ0v) is 13.2. The highest BCUT2D eigenvalue weighted by Gasteiger charge is 2.30. The molecule has 122 valence electrons. The number of nitrogens with zero attached hydrogens (tertiary/aromatic N) is 2. The summed E-state index contributed by atoms with van der Waals surface area (Å²) in [7, 11) is 0. The van der Waals surface area contributed by atoms with Gasteiger partial charge in [0.05, 0.1) is 5.69 Å². The Balaban J connectivity index is 1.57. The average Bonchev–Trinajstić information content (AvgIpc) is 3.31. The minimum atomic E-state index is -0.696. The molecule has 0 aliphatic heterocycles. The molecule has 2 heterocycles. The van der Waals surface area contributed by atoms with Gasteiger partial charge >= 0.3 is 0 Å². The van der Waals surface area contributed by atoms with Crippen LogP contribution in [0.15, 0.2) is 30.3 Å². The maximum absolute atomic E-state index is 13.7. The van der Waals surface area contributed by atoms with Crippen molar-refractivity contribution in [2.75, 3.05) is 10.6 Å². The lowest BCUT2D eigenvalue weighted by Gasteiger charge is -2.06. The van der Waals surface area contributed by atoms with E-state index in [-0.39, 0.29) is 17.5 Å². The summed E-state index contributed by atoms with van der Waals surface area (Å²) in [4.78, 5) is 21.1. The van der Waals surface area contributed by atoms with Gasteiger partial charge in [0, 0.05) is 12.0 Å². The summed E-state index contributed by atoms with van der Waals surface area (Å²) in [5.74, 6) is -0.834. The van der Waals surface area contributed by atoms with Crippen molar-refractivity contribution in [1.82, 2.24) is 9.97 Å². The van der Waals surface area contributed by atoms with Gasteiger partial charge in [-0.2, -0.15) is 0 Å². The molecule has 5 nitrogen and oxygen atoms in total. The molecule has 1 aromatic carbocycles. The molecule has 3 aromatic rings. The minimum Gasteiger partial charge on any atom is -0.338 e. The number of rotatable bonds is 4. The Labute approximate surface area is 139 Å². The standard InChI is InChI=1S/C16H12F2N4OS/c17-9-3-4-11(10(18)7-9)19-13-6-5-12-15(21-13)24-16(20-12)22-14(23)8-1-2-8/h3-8H,1-2H2,(H,19,21)(H,20,22,23). The zero-order valence-electron chi connectivity index (χ0n) is 12.3. The molecule has 0 atom stereocenters. The van der Waals surface area contributed by atoms with Crippen LogP contribution in [0.5, 0.6) is 0 Å². The molecule has 1 aliphatic carbocycles. The van der Waals surface area contributed by atoms with Crippen molar-refractivity contribution in [1.29, 1.82) is 0 Å². The number of halogens is 2. The summed E-state index contributed by atoms with van der Waals surface area (Å²) in [5.41, 5.74) is 0.784. The van der Waals surface area contributed by atoms with E-state index in [2.05, 4.69) is 20.6 Å². The molecular weight excluding hydrogens is 334 g/mol. The molecule has 1 amide bonds. The molecule has 4 rings (SSSR count). The molecule has 0 spiro atoms. The summed E-state index contributed by atoms with van der Waals surface area (Å²) in [6, 6.07) is 6.67.